The Bertz CT molecular complexity index is 1130. The topological polar surface area (TPSA) is 79.2 Å². The minimum absolute atomic E-state index is 0.00765. The van der Waals surface area contributed by atoms with Crippen molar-refractivity contribution < 1.29 is 13.2 Å². The minimum atomic E-state index is -3.13. The molecular formula is C21H20ClN3O3S2. The number of sulfone groups is 1. The number of aryl methyl sites for hydroxylation is 1. The smallest absolute Gasteiger partial charge is 0.252 e. The number of hydrazone groups is 1. The molecule has 2 fully saturated rings. The Labute approximate surface area is 184 Å². The summed E-state index contributed by atoms with van der Waals surface area (Å²) in [6.45, 7) is 1.97. The van der Waals surface area contributed by atoms with Gasteiger partial charge in [-0.1, -0.05) is 65.3 Å². The van der Waals surface area contributed by atoms with Crippen LogP contribution in [0.3, 0.4) is 0 Å². The second kappa shape index (κ2) is 8.53. The maximum atomic E-state index is 12.6. The summed E-state index contributed by atoms with van der Waals surface area (Å²) >= 11 is 7.23. The van der Waals surface area contributed by atoms with Gasteiger partial charge in [-0.3, -0.25) is 4.79 Å². The predicted molar refractivity (Wildman–Crippen MR) is 122 cm³/mol. The van der Waals surface area contributed by atoms with Crippen molar-refractivity contribution >= 4 is 50.5 Å². The third kappa shape index (κ3) is 4.94. The van der Waals surface area contributed by atoms with Gasteiger partial charge in [0.15, 0.2) is 15.0 Å². The summed E-state index contributed by atoms with van der Waals surface area (Å²) in [7, 11) is -3.13. The van der Waals surface area contributed by atoms with E-state index in [0.29, 0.717) is 10.2 Å². The van der Waals surface area contributed by atoms with Crippen molar-refractivity contribution in [3.8, 4) is 0 Å². The number of hydrogen-bond donors (Lipinski definition) is 0. The summed E-state index contributed by atoms with van der Waals surface area (Å²) in [4.78, 5) is 16.8. The lowest BCUT2D eigenvalue weighted by Gasteiger charge is -2.18. The quantitative estimate of drug-likeness (QED) is 0.652. The first-order valence-corrected chi connectivity index (χ1v) is 12.5. The van der Waals surface area contributed by atoms with E-state index in [1.54, 1.807) is 23.4 Å². The van der Waals surface area contributed by atoms with Gasteiger partial charge in [-0.2, -0.15) is 10.1 Å². The summed E-state index contributed by atoms with van der Waals surface area (Å²) in [5, 5.41) is 6.96. The van der Waals surface area contributed by atoms with Crippen molar-refractivity contribution in [2.24, 2.45) is 10.1 Å². The number of carbonyl (C=O) groups is 1. The van der Waals surface area contributed by atoms with Gasteiger partial charge in [0.05, 0.1) is 35.4 Å². The highest BCUT2D eigenvalue weighted by Crippen LogP contribution is 2.38. The van der Waals surface area contributed by atoms with Gasteiger partial charge in [0, 0.05) is 5.02 Å². The molecule has 2 atom stereocenters. The van der Waals surface area contributed by atoms with Crippen molar-refractivity contribution in [2.75, 3.05) is 11.5 Å². The molecule has 0 saturated carbocycles. The van der Waals surface area contributed by atoms with E-state index < -0.39 is 9.84 Å². The first kappa shape index (κ1) is 21.1. The van der Waals surface area contributed by atoms with Gasteiger partial charge in [0.2, 0.25) is 0 Å². The Morgan fingerprint density at radius 3 is 2.73 bits per heavy atom. The highest BCUT2D eigenvalue weighted by molar-refractivity contribution is 8.15. The second-order valence-corrected chi connectivity index (χ2v) is 11.2. The Morgan fingerprint density at radius 2 is 2.00 bits per heavy atom. The molecular weight excluding hydrogens is 442 g/mol. The van der Waals surface area contributed by atoms with Gasteiger partial charge in [0.25, 0.3) is 5.91 Å². The normalized spacial score (nSPS) is 23.9. The zero-order valence-corrected chi connectivity index (χ0v) is 18.6. The highest BCUT2D eigenvalue weighted by atomic mass is 35.5. The van der Waals surface area contributed by atoms with E-state index in [1.807, 2.05) is 43.3 Å². The maximum Gasteiger partial charge on any atom is 0.252 e. The molecule has 2 aliphatic heterocycles. The highest BCUT2D eigenvalue weighted by Gasteiger charge is 2.49. The first-order valence-electron chi connectivity index (χ1n) is 9.42. The van der Waals surface area contributed by atoms with Crippen LogP contribution in [0.2, 0.25) is 5.02 Å². The van der Waals surface area contributed by atoms with Crippen LogP contribution in [-0.4, -0.2) is 53.5 Å². The van der Waals surface area contributed by atoms with Gasteiger partial charge >= 0.3 is 0 Å². The summed E-state index contributed by atoms with van der Waals surface area (Å²) in [5.74, 6) is -0.202. The standard InChI is InChI=1S/C21H20ClN3O3S2/c1-14-3-2-4-16(9-14)10-20(26)24-21-25(18-12-30(27,28)13-19(18)29-21)23-11-15-5-7-17(22)8-6-15/h2-9,11,18-19H,10,12-13H2,1H3/b23-11-,24-21?/t18-,19-/m0/s1. The van der Waals surface area contributed by atoms with Crippen LogP contribution in [0.25, 0.3) is 0 Å². The number of carbonyl (C=O) groups excluding carboxylic acids is 1. The number of thioether (sulfide) groups is 1. The molecule has 0 radical (unpaired) electrons. The summed E-state index contributed by atoms with van der Waals surface area (Å²) in [6.07, 6.45) is 1.82. The number of fused-ring (bicyclic) bond motifs is 1. The molecule has 0 bridgehead atoms. The van der Waals surface area contributed by atoms with E-state index in [1.165, 1.54) is 11.8 Å². The minimum Gasteiger partial charge on any atom is -0.272 e. The van der Waals surface area contributed by atoms with E-state index in [-0.39, 0.29) is 35.1 Å². The lowest BCUT2D eigenvalue weighted by Crippen LogP contribution is -2.33. The molecule has 2 aromatic rings. The van der Waals surface area contributed by atoms with E-state index in [9.17, 15) is 13.2 Å². The summed E-state index contributed by atoms with van der Waals surface area (Å²) < 4.78 is 24.2. The van der Waals surface area contributed by atoms with Crippen molar-refractivity contribution in [2.45, 2.75) is 24.6 Å². The fourth-order valence-corrected chi connectivity index (χ4v) is 7.48. The maximum absolute atomic E-state index is 12.6. The third-order valence-corrected chi connectivity index (χ3v) is 8.35. The monoisotopic (exact) mass is 461 g/mol. The summed E-state index contributed by atoms with van der Waals surface area (Å²) in [5.41, 5.74) is 2.79. The van der Waals surface area contributed by atoms with Crippen molar-refractivity contribution in [1.29, 1.82) is 0 Å². The average Bonchev–Trinajstić information content (AvgIpc) is 3.12. The lowest BCUT2D eigenvalue weighted by molar-refractivity contribution is -0.117. The first-order chi connectivity index (χ1) is 14.3. The van der Waals surface area contributed by atoms with Crippen LogP contribution in [0.15, 0.2) is 58.6 Å². The van der Waals surface area contributed by atoms with Crippen LogP contribution in [-0.2, 0) is 21.1 Å². The second-order valence-electron chi connectivity index (χ2n) is 7.40. The van der Waals surface area contributed by atoms with Gasteiger partial charge in [-0.15, -0.1) is 0 Å². The zero-order chi connectivity index (χ0) is 21.3. The molecule has 2 saturated heterocycles. The number of amides is 1. The Balaban J connectivity index is 1.57. The number of rotatable bonds is 4. The molecule has 0 N–H and O–H groups in total. The fraction of sp³-hybridized carbons (Fsp3) is 0.286. The van der Waals surface area contributed by atoms with E-state index in [0.717, 1.165) is 16.7 Å². The number of amidine groups is 1. The van der Waals surface area contributed by atoms with Crippen LogP contribution < -0.4 is 0 Å². The summed E-state index contributed by atoms with van der Waals surface area (Å²) in [6, 6.07) is 14.6. The van der Waals surface area contributed by atoms with Gasteiger partial charge in [-0.05, 0) is 30.2 Å². The lowest BCUT2D eigenvalue weighted by atomic mass is 10.1. The van der Waals surface area contributed by atoms with Crippen LogP contribution in [0.1, 0.15) is 16.7 Å². The number of halogens is 1. The third-order valence-electron chi connectivity index (χ3n) is 4.90. The van der Waals surface area contributed by atoms with Gasteiger partial charge in [0.1, 0.15) is 0 Å². The zero-order valence-electron chi connectivity index (χ0n) is 16.2. The average molecular weight is 462 g/mol. The van der Waals surface area contributed by atoms with Crippen LogP contribution >= 0.6 is 23.4 Å². The molecule has 30 heavy (non-hydrogen) atoms. The molecule has 6 nitrogen and oxygen atoms in total. The van der Waals surface area contributed by atoms with E-state index in [2.05, 4.69) is 10.1 Å². The Kier molecular flexibility index (Phi) is 5.99. The van der Waals surface area contributed by atoms with E-state index >= 15 is 0 Å². The SMILES string of the molecule is Cc1cccc(CC(=O)N=C2S[C@H]3CS(=O)(=O)C[C@@H]3N2/N=C\c2ccc(Cl)cc2)c1. The Hall–Kier alpha value is -2.16. The Morgan fingerprint density at radius 1 is 1.23 bits per heavy atom. The molecule has 2 aliphatic rings. The molecule has 2 heterocycles. The molecule has 0 spiro atoms. The van der Waals surface area contributed by atoms with E-state index in [4.69, 9.17) is 11.6 Å². The van der Waals surface area contributed by atoms with Crippen LogP contribution in [0, 0.1) is 6.92 Å². The van der Waals surface area contributed by atoms with Crippen molar-refractivity contribution in [1.82, 2.24) is 5.01 Å². The molecule has 9 heteroatoms. The van der Waals surface area contributed by atoms with Crippen LogP contribution in [0.5, 0.6) is 0 Å². The molecule has 1 amide bonds. The number of hydrogen-bond acceptors (Lipinski definition) is 5. The van der Waals surface area contributed by atoms with Gasteiger partial charge < -0.3 is 0 Å². The predicted octanol–water partition coefficient (Wildman–Crippen LogP) is 3.32. The van der Waals surface area contributed by atoms with Crippen molar-refractivity contribution in [3.63, 3.8) is 0 Å². The molecule has 4 rings (SSSR count). The van der Waals surface area contributed by atoms with Crippen molar-refractivity contribution in [3.05, 3.63) is 70.2 Å². The largest absolute Gasteiger partial charge is 0.272 e. The van der Waals surface area contributed by atoms with Crippen LogP contribution in [0.4, 0.5) is 0 Å². The number of aliphatic imine (C=N–C) groups is 1. The number of benzene rings is 2. The number of nitrogens with zero attached hydrogens (tertiary/aromatic N) is 3. The van der Waals surface area contributed by atoms with Gasteiger partial charge in [-0.25, -0.2) is 13.4 Å². The molecule has 156 valence electrons. The molecule has 0 aromatic heterocycles. The molecule has 0 aliphatic carbocycles. The molecule has 0 unspecified atom stereocenters. The molecule has 2 aromatic carbocycles. The fourth-order valence-electron chi connectivity index (χ4n) is 3.50.